The van der Waals surface area contributed by atoms with Crippen molar-refractivity contribution >= 4 is 34.0 Å². The summed E-state index contributed by atoms with van der Waals surface area (Å²) in [5.74, 6) is 1.91. The number of hydrogen-bond donors (Lipinski definition) is 0. The fourth-order valence-corrected chi connectivity index (χ4v) is 5.66. The first-order valence-corrected chi connectivity index (χ1v) is 11.1. The van der Waals surface area contributed by atoms with Crippen LogP contribution in [0.2, 0.25) is 0 Å². The Kier molecular flexibility index (Phi) is 5.71. The van der Waals surface area contributed by atoms with Gasteiger partial charge in [0.2, 0.25) is 0 Å². The molecule has 0 heterocycles. The van der Waals surface area contributed by atoms with Crippen molar-refractivity contribution in [2.75, 3.05) is 0 Å². The van der Waals surface area contributed by atoms with Gasteiger partial charge in [0, 0.05) is 5.30 Å². The smallest absolute Gasteiger partial charge is 0.181 e. The van der Waals surface area contributed by atoms with Gasteiger partial charge in [-0.2, -0.15) is 0 Å². The Hall–Kier alpha value is 0.120. The topological polar surface area (TPSA) is 9.23 Å². The van der Waals surface area contributed by atoms with Crippen molar-refractivity contribution in [3.05, 3.63) is 30.3 Å². The molecule has 0 amide bonds. The van der Waals surface area contributed by atoms with Crippen molar-refractivity contribution in [1.82, 2.24) is 0 Å². The fourth-order valence-electron chi connectivity index (χ4n) is 3.08. The van der Waals surface area contributed by atoms with Crippen LogP contribution in [0.15, 0.2) is 30.3 Å². The van der Waals surface area contributed by atoms with Crippen molar-refractivity contribution in [2.45, 2.75) is 46.1 Å². The van der Waals surface area contributed by atoms with Crippen molar-refractivity contribution in [1.29, 1.82) is 0 Å². The molecule has 1 aliphatic rings. The van der Waals surface area contributed by atoms with Crippen LogP contribution >= 0.6 is 16.9 Å². The third-order valence-electron chi connectivity index (χ3n) is 4.30. The number of rotatable bonds is 4. The summed E-state index contributed by atoms with van der Waals surface area (Å²) in [6.45, 7) is 6.85. The maximum absolute atomic E-state index is 6.62. The van der Waals surface area contributed by atoms with E-state index < -0.39 is 5.62 Å². The van der Waals surface area contributed by atoms with E-state index in [1.54, 1.807) is 0 Å². The highest BCUT2D eigenvalue weighted by atomic mass is 35.7. The summed E-state index contributed by atoms with van der Waals surface area (Å²) >= 11 is 12.2. The average Bonchev–Trinajstić information content (AvgIpc) is 2.39. The van der Waals surface area contributed by atoms with Gasteiger partial charge in [0.25, 0.3) is 0 Å². The Morgan fingerprint density at radius 3 is 2.50 bits per heavy atom. The monoisotopic (exact) mass is 330 g/mol. The lowest BCUT2D eigenvalue weighted by Crippen LogP contribution is -2.34. The van der Waals surface area contributed by atoms with E-state index >= 15 is 0 Å². The Bertz CT molecular complexity index is 477. The molecule has 0 spiro atoms. The predicted molar refractivity (Wildman–Crippen MR) is 92.4 cm³/mol. The molecule has 1 aromatic carbocycles. The van der Waals surface area contributed by atoms with Crippen molar-refractivity contribution in [2.24, 2.45) is 17.8 Å². The van der Waals surface area contributed by atoms with E-state index in [4.69, 9.17) is 27.6 Å². The van der Waals surface area contributed by atoms with Crippen LogP contribution in [-0.4, -0.2) is 6.10 Å². The molecule has 4 heteroatoms. The molecule has 0 bridgehead atoms. The van der Waals surface area contributed by atoms with Crippen molar-refractivity contribution < 1.29 is 4.52 Å². The summed E-state index contributed by atoms with van der Waals surface area (Å²) in [5.41, 5.74) is -2.41. The molecule has 0 radical (unpaired) electrons. The molecular formula is C16H24ClOPS. The number of hydrogen-bond acceptors (Lipinski definition) is 2. The molecule has 1 nitrogen and oxygen atoms in total. The predicted octanol–water partition coefficient (Wildman–Crippen LogP) is 5.34. The van der Waals surface area contributed by atoms with Crippen molar-refractivity contribution in [3.8, 4) is 0 Å². The minimum atomic E-state index is -2.41. The first kappa shape index (κ1) is 16.5. The summed E-state index contributed by atoms with van der Waals surface area (Å²) in [6, 6.07) is 9.92. The van der Waals surface area contributed by atoms with Gasteiger partial charge >= 0.3 is 0 Å². The second-order valence-electron chi connectivity index (χ2n) is 6.29. The second kappa shape index (κ2) is 6.92. The van der Waals surface area contributed by atoms with Crippen LogP contribution in [0.1, 0.15) is 40.0 Å². The standard InChI is InChI=1S/C16H24ClOPS/c1-12(2)15-10-9-13(3)11-16(15)18-19(17,20)14-7-5-4-6-8-14/h4-8,12-13,15-16H,9-11H2,1-3H3/t13-,15+,16-,19?/m1/s1. The average molecular weight is 331 g/mol. The van der Waals surface area contributed by atoms with Crippen LogP contribution in [-0.2, 0) is 16.3 Å². The quantitative estimate of drug-likeness (QED) is 0.689. The maximum Gasteiger partial charge on any atom is 0.181 e. The third-order valence-corrected chi connectivity index (χ3v) is 7.47. The highest BCUT2D eigenvalue weighted by molar-refractivity contribution is 8.28. The molecule has 112 valence electrons. The molecule has 0 N–H and O–H groups in total. The summed E-state index contributed by atoms with van der Waals surface area (Å²) in [7, 11) is 0. The normalized spacial score (nSPS) is 30.1. The molecule has 0 aromatic heterocycles. The van der Waals surface area contributed by atoms with Gasteiger partial charge < -0.3 is 4.52 Å². The highest BCUT2D eigenvalue weighted by Crippen LogP contribution is 2.55. The van der Waals surface area contributed by atoms with Crippen LogP contribution in [0, 0.1) is 17.8 Å². The molecule has 0 aliphatic heterocycles. The zero-order valence-corrected chi connectivity index (χ0v) is 14.9. The van der Waals surface area contributed by atoms with Gasteiger partial charge in [0.05, 0.1) is 6.10 Å². The molecule has 4 atom stereocenters. The van der Waals surface area contributed by atoms with E-state index in [2.05, 4.69) is 20.8 Å². The zero-order valence-electron chi connectivity index (χ0n) is 12.5. The molecule has 1 fully saturated rings. The second-order valence-corrected chi connectivity index (χ2v) is 11.5. The van der Waals surface area contributed by atoms with E-state index in [-0.39, 0.29) is 6.10 Å². The highest BCUT2D eigenvalue weighted by Gasteiger charge is 2.35. The van der Waals surface area contributed by atoms with Gasteiger partial charge in [-0.25, -0.2) is 0 Å². The van der Waals surface area contributed by atoms with Gasteiger partial charge in [-0.1, -0.05) is 68.8 Å². The fraction of sp³-hybridized carbons (Fsp3) is 0.625. The van der Waals surface area contributed by atoms with E-state index in [0.717, 1.165) is 11.7 Å². The largest absolute Gasteiger partial charge is 0.331 e. The minimum Gasteiger partial charge on any atom is -0.331 e. The lowest BCUT2D eigenvalue weighted by atomic mass is 9.75. The van der Waals surface area contributed by atoms with E-state index in [1.807, 2.05) is 30.3 Å². The van der Waals surface area contributed by atoms with Gasteiger partial charge in [0.15, 0.2) is 5.62 Å². The molecule has 0 saturated heterocycles. The number of benzene rings is 1. The molecular weight excluding hydrogens is 307 g/mol. The molecule has 1 saturated carbocycles. The Labute approximate surface area is 132 Å². The van der Waals surface area contributed by atoms with E-state index in [0.29, 0.717) is 17.8 Å². The molecule has 1 unspecified atom stereocenters. The van der Waals surface area contributed by atoms with Crippen LogP contribution in [0.3, 0.4) is 0 Å². The van der Waals surface area contributed by atoms with Crippen LogP contribution in [0.4, 0.5) is 0 Å². The molecule has 1 aliphatic carbocycles. The van der Waals surface area contributed by atoms with Gasteiger partial charge in [-0.3, -0.25) is 0 Å². The molecule has 2 rings (SSSR count). The first-order chi connectivity index (χ1) is 9.40. The maximum atomic E-state index is 6.62. The van der Waals surface area contributed by atoms with Crippen LogP contribution < -0.4 is 5.30 Å². The lowest BCUT2D eigenvalue weighted by Gasteiger charge is -2.38. The van der Waals surface area contributed by atoms with Crippen LogP contribution in [0.5, 0.6) is 0 Å². The Morgan fingerprint density at radius 1 is 1.25 bits per heavy atom. The summed E-state index contributed by atoms with van der Waals surface area (Å²) in [6.07, 6.45) is 3.81. The SMILES string of the molecule is CC(C)[C@@H]1CC[C@@H](C)C[C@H]1OP(=S)(Cl)c1ccccc1. The lowest BCUT2D eigenvalue weighted by molar-refractivity contribution is 0.0579. The summed E-state index contributed by atoms with van der Waals surface area (Å²) in [5, 5.41) is 0.970. The summed E-state index contributed by atoms with van der Waals surface area (Å²) < 4.78 is 6.30. The number of halogens is 1. The minimum absolute atomic E-state index is 0.210. The molecule has 20 heavy (non-hydrogen) atoms. The van der Waals surface area contributed by atoms with Gasteiger partial charge in [0.1, 0.15) is 0 Å². The van der Waals surface area contributed by atoms with Crippen LogP contribution in [0.25, 0.3) is 0 Å². The van der Waals surface area contributed by atoms with E-state index in [1.165, 1.54) is 12.8 Å². The van der Waals surface area contributed by atoms with Crippen molar-refractivity contribution in [3.63, 3.8) is 0 Å². The van der Waals surface area contributed by atoms with Gasteiger partial charge in [-0.05, 0) is 42.4 Å². The zero-order chi connectivity index (χ0) is 14.8. The van der Waals surface area contributed by atoms with Gasteiger partial charge in [-0.15, -0.1) is 0 Å². The first-order valence-electron chi connectivity index (χ1n) is 7.44. The third kappa shape index (κ3) is 4.07. The summed E-state index contributed by atoms with van der Waals surface area (Å²) in [4.78, 5) is 0. The Morgan fingerprint density at radius 2 is 1.90 bits per heavy atom. The Balaban J connectivity index is 2.15. The molecule has 1 aromatic rings. The van der Waals surface area contributed by atoms with E-state index in [9.17, 15) is 0 Å².